The molecule has 0 bridgehead atoms. The predicted octanol–water partition coefficient (Wildman–Crippen LogP) is 9.14. The van der Waals surface area contributed by atoms with Gasteiger partial charge in [-0.05, 0) is 0 Å². The Labute approximate surface area is 208 Å². The highest BCUT2D eigenvalue weighted by molar-refractivity contribution is 5.20. The van der Waals surface area contributed by atoms with E-state index in [1.807, 2.05) is 0 Å². The van der Waals surface area contributed by atoms with Gasteiger partial charge in [0.05, 0.1) is 0 Å². The second kappa shape index (κ2) is 9.52. The number of hydrogen-bond donors (Lipinski definition) is 0. The molecule has 0 aromatic carbocycles. The Morgan fingerprint density at radius 3 is 0.500 bits per heavy atom. The van der Waals surface area contributed by atoms with Gasteiger partial charge in [-0.3, -0.25) is 0 Å². The van der Waals surface area contributed by atoms with Crippen LogP contribution in [-0.4, -0.2) is 83.9 Å². The van der Waals surface area contributed by atoms with Crippen molar-refractivity contribution >= 4 is 0 Å². The highest BCUT2D eigenvalue weighted by atomic mass is 19.4. The summed E-state index contributed by atoms with van der Waals surface area (Å²) in [6.45, 7) is -4.31. The molecule has 0 spiro atoms. The first-order chi connectivity index (χ1) is 17.6. The Kier molecular flexibility index (Phi) is 9.07. The van der Waals surface area contributed by atoms with Crippen LogP contribution in [0.2, 0.25) is 0 Å². The van der Waals surface area contributed by atoms with Gasteiger partial charge in [0.1, 0.15) is 0 Å². The Morgan fingerprint density at radius 1 is 0.214 bits per heavy atom. The van der Waals surface area contributed by atoms with Crippen molar-refractivity contribution in [3.8, 4) is 0 Å². The molecule has 0 aromatic heterocycles. The van der Waals surface area contributed by atoms with Crippen LogP contribution in [0, 0.1) is 0 Å². The molecule has 0 rings (SSSR count). The zero-order valence-electron chi connectivity index (χ0n) is 17.8. The molecule has 0 saturated heterocycles. The van der Waals surface area contributed by atoms with Gasteiger partial charge in [-0.1, -0.05) is 0 Å². The lowest BCUT2D eigenvalue weighted by molar-refractivity contribution is -0.485. The first kappa shape index (κ1) is 40.0. The zero-order valence-corrected chi connectivity index (χ0v) is 17.8. The van der Waals surface area contributed by atoms with Gasteiger partial charge in [0.25, 0.3) is 0 Å². The fourth-order valence-electron chi connectivity index (χ4n) is 2.27. The molecule has 0 aromatic rings. The van der Waals surface area contributed by atoms with Crippen LogP contribution in [0.4, 0.5) is 123 Å². The lowest BCUT2D eigenvalue weighted by Crippen LogP contribution is -2.78. The Bertz CT molecular complexity index is 977. The highest BCUT2D eigenvalue weighted by Gasteiger charge is 3.00. The molecule has 28 heteroatoms. The van der Waals surface area contributed by atoms with E-state index in [-0.39, 0.29) is 0 Å². The third kappa shape index (κ3) is 4.39. The van der Waals surface area contributed by atoms with Crippen LogP contribution in [0.25, 0.3) is 0 Å². The van der Waals surface area contributed by atoms with Crippen LogP contribution >= 0.6 is 0 Å². The summed E-state index contributed by atoms with van der Waals surface area (Å²) in [6.07, 6.45) is -8.24. The van der Waals surface area contributed by atoms with Crippen molar-refractivity contribution in [2.45, 2.75) is 77.2 Å². The Hall–Kier alpha value is -1.96. The molecule has 0 nitrogen and oxygen atoms in total. The van der Waals surface area contributed by atoms with E-state index in [0.29, 0.717) is 0 Å². The maximum absolute atomic E-state index is 13.5. The van der Waals surface area contributed by atoms with Crippen LogP contribution in [0.5, 0.6) is 0 Å². The van der Waals surface area contributed by atoms with E-state index < -0.39 is 83.9 Å². The number of alkyl halides is 28. The van der Waals surface area contributed by atoms with E-state index in [1.54, 1.807) is 0 Å². The molecule has 0 saturated carbocycles. The average molecular weight is 702 g/mol. The molecule has 0 N–H and O–H groups in total. The summed E-state index contributed by atoms with van der Waals surface area (Å²) in [5.41, 5.74) is 0. The minimum absolute atomic E-state index is 4.31. The van der Waals surface area contributed by atoms with Gasteiger partial charge >= 0.3 is 77.2 Å². The minimum Gasteiger partial charge on any atom is -0.244 e. The molecule has 0 amide bonds. The third-order valence-corrected chi connectivity index (χ3v) is 4.93. The molecule has 0 radical (unpaired) electrons. The fraction of sp³-hybridized carbons (Fsp3) is 1.00. The minimum atomic E-state index is -9.81. The van der Waals surface area contributed by atoms with Gasteiger partial charge in [0, 0.05) is 0 Å². The molecule has 0 aliphatic heterocycles. The zero-order chi connectivity index (χ0) is 35.2. The number of rotatable bonds is 12. The van der Waals surface area contributed by atoms with E-state index in [1.165, 1.54) is 0 Å². The quantitative estimate of drug-likeness (QED) is 0.178. The number of hydrogen-bond acceptors (Lipinski definition) is 0. The smallest absolute Gasteiger partial charge is 0.244 e. The topological polar surface area (TPSA) is 0 Å². The van der Waals surface area contributed by atoms with Crippen molar-refractivity contribution in [3.63, 3.8) is 0 Å². The fourth-order valence-corrected chi connectivity index (χ4v) is 2.27. The summed E-state index contributed by atoms with van der Waals surface area (Å²) >= 11 is 0. The summed E-state index contributed by atoms with van der Waals surface area (Å²) in [5.74, 6) is -110. The normalized spacial score (nSPS) is 17.1. The lowest BCUT2D eigenvalue weighted by atomic mass is 9.84. The van der Waals surface area contributed by atoms with Crippen LogP contribution < -0.4 is 0 Å². The summed E-state index contributed by atoms with van der Waals surface area (Å²) in [6, 6.07) is 0. The van der Waals surface area contributed by atoms with Crippen molar-refractivity contribution in [2.24, 2.45) is 0 Å². The van der Waals surface area contributed by atoms with Gasteiger partial charge in [0.15, 0.2) is 6.67 Å². The van der Waals surface area contributed by atoms with E-state index in [9.17, 15) is 123 Å². The van der Waals surface area contributed by atoms with Gasteiger partial charge in [-0.2, -0.15) is 119 Å². The second-order valence-corrected chi connectivity index (χ2v) is 7.65. The molecule has 254 valence electrons. The van der Waals surface area contributed by atoms with Crippen molar-refractivity contribution in [1.29, 1.82) is 0 Å². The van der Waals surface area contributed by atoms with E-state index >= 15 is 0 Å². The standard InChI is InChI=1S/C14H2F28/c15-1-2(16,17)3(18,19)4(20,21)5(22,23)6(24,25)7(26,27)8(28,29)9(30,31)10(32,33)11(34,35)12(36,37)13(38,39)14(40,41)42/h1H2. The Morgan fingerprint density at radius 2 is 0.357 bits per heavy atom. The first-order valence-corrected chi connectivity index (χ1v) is 8.72. The molecule has 0 atom stereocenters. The predicted molar refractivity (Wildman–Crippen MR) is 71.4 cm³/mol. The first-order valence-electron chi connectivity index (χ1n) is 8.72. The summed E-state index contributed by atoms with van der Waals surface area (Å²) in [4.78, 5) is 0. The molecule has 0 aliphatic rings. The molecular weight excluding hydrogens is 700 g/mol. The van der Waals surface area contributed by atoms with Crippen molar-refractivity contribution in [1.82, 2.24) is 0 Å². The Balaban J connectivity index is 7.43. The van der Waals surface area contributed by atoms with Crippen LogP contribution in [-0.2, 0) is 0 Å². The molecule has 0 heterocycles. The molecule has 0 fully saturated rings. The lowest BCUT2D eigenvalue weighted by Gasteiger charge is -2.46. The third-order valence-electron chi connectivity index (χ3n) is 4.93. The van der Waals surface area contributed by atoms with Gasteiger partial charge in [0.2, 0.25) is 0 Å². The molecule has 0 aliphatic carbocycles. The maximum atomic E-state index is 13.5. The molecule has 42 heavy (non-hydrogen) atoms. The maximum Gasteiger partial charge on any atom is 0.460 e. The SMILES string of the molecule is FCC(F)(F)C(F)(F)C(F)(F)C(F)(F)C(F)(F)C(F)(F)C(F)(F)C(F)(F)C(F)(F)C(F)(F)C(F)(F)C(F)(F)C(F)(F)F. The van der Waals surface area contributed by atoms with Crippen LogP contribution in [0.3, 0.4) is 0 Å². The number of halogens is 28. The van der Waals surface area contributed by atoms with Crippen LogP contribution in [0.15, 0.2) is 0 Å². The van der Waals surface area contributed by atoms with E-state index in [0.717, 1.165) is 0 Å². The van der Waals surface area contributed by atoms with E-state index in [2.05, 4.69) is 0 Å². The highest BCUT2D eigenvalue weighted by Crippen LogP contribution is 2.68. The largest absolute Gasteiger partial charge is 0.460 e. The van der Waals surface area contributed by atoms with E-state index in [4.69, 9.17) is 0 Å². The summed E-state index contributed by atoms with van der Waals surface area (Å²) < 4.78 is 365. The van der Waals surface area contributed by atoms with Gasteiger partial charge in [-0.15, -0.1) is 0 Å². The van der Waals surface area contributed by atoms with Crippen molar-refractivity contribution in [3.05, 3.63) is 0 Å². The summed E-state index contributed by atoms with van der Waals surface area (Å²) in [5, 5.41) is 0. The van der Waals surface area contributed by atoms with Gasteiger partial charge < -0.3 is 0 Å². The van der Waals surface area contributed by atoms with Crippen molar-refractivity contribution in [2.75, 3.05) is 6.67 Å². The van der Waals surface area contributed by atoms with Crippen molar-refractivity contribution < 1.29 is 123 Å². The average Bonchev–Trinajstić information content (AvgIpc) is 2.76. The van der Waals surface area contributed by atoms with Crippen LogP contribution in [0.1, 0.15) is 0 Å². The summed E-state index contributed by atoms with van der Waals surface area (Å²) in [7, 11) is 0. The van der Waals surface area contributed by atoms with Gasteiger partial charge in [-0.25, -0.2) is 4.39 Å². The molecular formula is C14H2F28. The molecule has 0 unspecified atom stereocenters. The second-order valence-electron chi connectivity index (χ2n) is 7.65. The monoisotopic (exact) mass is 702 g/mol.